The average molecular weight is 531 g/mol. The fourth-order valence-corrected chi connectivity index (χ4v) is 5.37. The van der Waals surface area contributed by atoms with E-state index in [1.165, 1.54) is 24.0 Å². The first-order chi connectivity index (χ1) is 18.2. The number of pyridine rings is 1. The number of hydrogen-bond acceptors (Lipinski definition) is 8. The third kappa shape index (κ3) is 6.20. The van der Waals surface area contributed by atoms with Crippen LogP contribution in [-0.2, 0) is 13.0 Å². The first-order valence-corrected chi connectivity index (χ1v) is 13.1. The lowest BCUT2D eigenvalue weighted by molar-refractivity contribution is 0.0694. The van der Waals surface area contributed by atoms with Crippen LogP contribution in [0.25, 0.3) is 0 Å². The molecule has 3 N–H and O–H groups in total. The van der Waals surface area contributed by atoms with Gasteiger partial charge in [-0.2, -0.15) is 0 Å². The predicted octanol–water partition coefficient (Wildman–Crippen LogP) is 4.53. The van der Waals surface area contributed by atoms with E-state index in [4.69, 9.17) is 15.8 Å². The Hall–Kier alpha value is -4.18. The lowest BCUT2D eigenvalue weighted by Crippen LogP contribution is -2.17. The molecular formula is C28H30N6O3S. The molecule has 1 atom stereocenters. The Morgan fingerprint density at radius 1 is 1.11 bits per heavy atom. The standard InChI is InChI=1S/C21H22N4OS.C7H8N2O2/c1-25(12-14-7-9-16(10-8-14)20(22)26)21-24-18(13-27-21)17-6-2-4-15-5-3-11-23-19(15)17;1-4-6(7(10)11)5(2)9-3-8-4/h3,5,7-11,13,17H,2,4,6,12H2,1H3,(H2,22,26);3H,1-2H3,(H,10,11). The summed E-state index contributed by atoms with van der Waals surface area (Å²) in [4.78, 5) is 41.0. The van der Waals surface area contributed by atoms with Gasteiger partial charge in [-0.15, -0.1) is 11.3 Å². The molecular weight excluding hydrogens is 500 g/mol. The molecule has 9 nitrogen and oxygen atoms in total. The molecule has 0 radical (unpaired) electrons. The quantitative estimate of drug-likeness (QED) is 0.371. The van der Waals surface area contributed by atoms with Crippen molar-refractivity contribution in [1.82, 2.24) is 19.9 Å². The number of carboxylic acids is 1. The number of rotatable bonds is 6. The van der Waals surface area contributed by atoms with Crippen LogP contribution >= 0.6 is 11.3 Å². The zero-order valence-electron chi connectivity index (χ0n) is 21.6. The van der Waals surface area contributed by atoms with E-state index in [9.17, 15) is 9.59 Å². The fourth-order valence-electron chi connectivity index (χ4n) is 4.53. The van der Waals surface area contributed by atoms with Crippen molar-refractivity contribution in [2.24, 2.45) is 5.73 Å². The first kappa shape index (κ1) is 26.9. The zero-order valence-corrected chi connectivity index (χ0v) is 22.4. The van der Waals surface area contributed by atoms with Crippen molar-refractivity contribution in [2.45, 2.75) is 45.6 Å². The zero-order chi connectivity index (χ0) is 27.2. The van der Waals surface area contributed by atoms with Gasteiger partial charge in [0.1, 0.15) is 11.9 Å². The van der Waals surface area contributed by atoms with Crippen LogP contribution in [0.5, 0.6) is 0 Å². The van der Waals surface area contributed by atoms with Gasteiger partial charge in [0.05, 0.1) is 22.8 Å². The van der Waals surface area contributed by atoms with E-state index < -0.39 is 11.9 Å². The second-order valence-electron chi connectivity index (χ2n) is 9.19. The van der Waals surface area contributed by atoms with Crippen molar-refractivity contribution in [3.05, 3.63) is 99.3 Å². The summed E-state index contributed by atoms with van der Waals surface area (Å²) in [5.41, 5.74) is 11.8. The lowest BCUT2D eigenvalue weighted by Gasteiger charge is -2.23. The van der Waals surface area contributed by atoms with Crippen molar-refractivity contribution < 1.29 is 14.7 Å². The van der Waals surface area contributed by atoms with Crippen LogP contribution in [0, 0.1) is 13.8 Å². The fraction of sp³-hybridized carbons (Fsp3) is 0.286. The molecule has 1 amide bonds. The van der Waals surface area contributed by atoms with E-state index in [1.54, 1.807) is 37.3 Å². The minimum absolute atomic E-state index is 0.201. The van der Waals surface area contributed by atoms with Crippen LogP contribution in [0.3, 0.4) is 0 Å². The molecule has 1 aliphatic rings. The molecule has 10 heteroatoms. The highest BCUT2D eigenvalue weighted by Crippen LogP contribution is 2.37. The summed E-state index contributed by atoms with van der Waals surface area (Å²) >= 11 is 1.67. The van der Waals surface area contributed by atoms with E-state index in [-0.39, 0.29) is 5.56 Å². The Balaban J connectivity index is 0.000000257. The highest BCUT2D eigenvalue weighted by molar-refractivity contribution is 7.13. The molecule has 196 valence electrons. The van der Waals surface area contributed by atoms with Gasteiger partial charge in [0.15, 0.2) is 5.13 Å². The Bertz CT molecular complexity index is 1420. The van der Waals surface area contributed by atoms with Crippen LogP contribution in [0.1, 0.15) is 73.4 Å². The third-order valence-electron chi connectivity index (χ3n) is 6.49. The van der Waals surface area contributed by atoms with E-state index in [1.807, 2.05) is 31.4 Å². The van der Waals surface area contributed by atoms with Crippen LogP contribution in [-0.4, -0.2) is 44.0 Å². The number of nitrogens with two attached hydrogens (primary N) is 1. The highest BCUT2D eigenvalue weighted by atomic mass is 32.1. The predicted molar refractivity (Wildman–Crippen MR) is 147 cm³/mol. The number of anilines is 1. The minimum atomic E-state index is -0.972. The molecule has 0 spiro atoms. The average Bonchev–Trinajstić information content (AvgIpc) is 3.39. The number of amides is 1. The van der Waals surface area contributed by atoms with Gasteiger partial charge >= 0.3 is 5.97 Å². The summed E-state index contributed by atoms with van der Waals surface area (Å²) in [5.74, 6) is -1.08. The lowest BCUT2D eigenvalue weighted by atomic mass is 9.85. The van der Waals surface area contributed by atoms with Crippen molar-refractivity contribution in [3.63, 3.8) is 0 Å². The summed E-state index contributed by atoms with van der Waals surface area (Å²) in [6.07, 6.45) is 6.63. The highest BCUT2D eigenvalue weighted by Gasteiger charge is 2.25. The Morgan fingerprint density at radius 3 is 2.45 bits per heavy atom. The van der Waals surface area contributed by atoms with Crippen molar-refractivity contribution in [3.8, 4) is 0 Å². The van der Waals surface area contributed by atoms with E-state index in [0.29, 0.717) is 22.9 Å². The van der Waals surface area contributed by atoms with Crippen molar-refractivity contribution in [1.29, 1.82) is 0 Å². The normalized spacial score (nSPS) is 14.1. The number of benzene rings is 1. The summed E-state index contributed by atoms with van der Waals surface area (Å²) in [7, 11) is 2.04. The maximum atomic E-state index is 11.2. The van der Waals surface area contributed by atoms with Crippen LogP contribution < -0.4 is 10.6 Å². The van der Waals surface area contributed by atoms with Crippen LogP contribution in [0.4, 0.5) is 5.13 Å². The second kappa shape index (κ2) is 11.9. The SMILES string of the molecule is CN(Cc1ccc(C(N)=O)cc1)c1nc(C2CCCc3cccnc32)cs1.Cc1ncnc(C)c1C(=O)O. The number of carboxylic acid groups (broad SMARTS) is 1. The number of aromatic carboxylic acids is 1. The number of carbonyl (C=O) groups is 2. The van der Waals surface area contributed by atoms with Crippen molar-refractivity contribution >= 4 is 28.3 Å². The van der Waals surface area contributed by atoms with Gasteiger partial charge in [0, 0.05) is 36.7 Å². The van der Waals surface area contributed by atoms with Gasteiger partial charge < -0.3 is 15.7 Å². The molecule has 1 aromatic carbocycles. The number of thiazole rings is 1. The Morgan fingerprint density at radius 2 is 1.82 bits per heavy atom. The van der Waals surface area contributed by atoms with E-state index in [0.717, 1.165) is 35.8 Å². The molecule has 3 heterocycles. The number of aryl methyl sites for hydroxylation is 3. The topological polar surface area (TPSA) is 135 Å². The Kier molecular flexibility index (Phi) is 8.42. The van der Waals surface area contributed by atoms with Gasteiger partial charge in [-0.25, -0.2) is 19.7 Å². The van der Waals surface area contributed by atoms with E-state index >= 15 is 0 Å². The summed E-state index contributed by atoms with van der Waals surface area (Å²) in [6, 6.07) is 11.6. The molecule has 38 heavy (non-hydrogen) atoms. The van der Waals surface area contributed by atoms with Crippen LogP contribution in [0.15, 0.2) is 54.3 Å². The number of aromatic nitrogens is 4. The Labute approximate surface area is 225 Å². The van der Waals surface area contributed by atoms with Crippen molar-refractivity contribution in [2.75, 3.05) is 11.9 Å². The molecule has 0 saturated carbocycles. The molecule has 1 aliphatic carbocycles. The number of carbonyl (C=O) groups excluding carboxylic acids is 1. The van der Waals surface area contributed by atoms with Gasteiger partial charge in [-0.05, 0) is 62.4 Å². The summed E-state index contributed by atoms with van der Waals surface area (Å²) in [5, 5.41) is 11.8. The first-order valence-electron chi connectivity index (χ1n) is 12.2. The van der Waals surface area contributed by atoms with Gasteiger partial charge in [0.25, 0.3) is 0 Å². The largest absolute Gasteiger partial charge is 0.478 e. The maximum absolute atomic E-state index is 11.2. The number of hydrogen-bond donors (Lipinski definition) is 2. The molecule has 0 bridgehead atoms. The van der Waals surface area contributed by atoms with E-state index in [2.05, 4.69) is 31.3 Å². The maximum Gasteiger partial charge on any atom is 0.339 e. The second-order valence-corrected chi connectivity index (χ2v) is 10.0. The molecule has 0 fully saturated rings. The van der Waals surface area contributed by atoms with Gasteiger partial charge in [-0.1, -0.05) is 18.2 Å². The van der Waals surface area contributed by atoms with Gasteiger partial charge in [-0.3, -0.25) is 9.78 Å². The minimum Gasteiger partial charge on any atom is -0.478 e. The molecule has 0 saturated heterocycles. The molecule has 1 unspecified atom stereocenters. The molecule has 4 aromatic rings. The third-order valence-corrected chi connectivity index (χ3v) is 7.46. The smallest absolute Gasteiger partial charge is 0.339 e. The summed E-state index contributed by atoms with van der Waals surface area (Å²) in [6.45, 7) is 4.03. The van der Waals surface area contributed by atoms with Crippen LogP contribution in [0.2, 0.25) is 0 Å². The van der Waals surface area contributed by atoms with Gasteiger partial charge in [0.2, 0.25) is 5.91 Å². The number of fused-ring (bicyclic) bond motifs is 1. The number of primary amides is 1. The molecule has 3 aromatic heterocycles. The molecule has 5 rings (SSSR count). The monoisotopic (exact) mass is 530 g/mol. The summed E-state index contributed by atoms with van der Waals surface area (Å²) < 4.78 is 0. The number of nitrogens with zero attached hydrogens (tertiary/aromatic N) is 5. The molecule has 0 aliphatic heterocycles.